The Hall–Kier alpha value is -2.68. The zero-order valence-corrected chi connectivity index (χ0v) is 15.4. The van der Waals surface area contributed by atoms with E-state index in [4.69, 9.17) is 11.6 Å². The molecule has 27 heavy (non-hydrogen) atoms. The van der Waals surface area contributed by atoms with Crippen molar-refractivity contribution >= 4 is 40.8 Å². The highest BCUT2D eigenvalue weighted by Gasteiger charge is 2.55. The molecule has 9 nitrogen and oxygen atoms in total. The Balaban J connectivity index is 1.71. The van der Waals surface area contributed by atoms with E-state index in [1.165, 1.54) is 12.1 Å². The molecule has 3 rings (SSSR count). The first-order valence-electron chi connectivity index (χ1n) is 8.62. The fraction of sp³-hybridized carbons (Fsp3) is 0.471. The Morgan fingerprint density at radius 1 is 1.44 bits per heavy atom. The molecule has 10 heteroatoms. The van der Waals surface area contributed by atoms with Crippen molar-refractivity contribution in [2.24, 2.45) is 5.92 Å². The van der Waals surface area contributed by atoms with Crippen molar-refractivity contribution in [1.29, 1.82) is 0 Å². The molecule has 1 aromatic carbocycles. The maximum Gasteiger partial charge on any atom is 0.325 e. The van der Waals surface area contributed by atoms with Gasteiger partial charge in [-0.3, -0.25) is 24.6 Å². The largest absolute Gasteiger partial charge is 0.325 e. The molecule has 1 aliphatic carbocycles. The van der Waals surface area contributed by atoms with Gasteiger partial charge in [-0.15, -0.1) is 0 Å². The summed E-state index contributed by atoms with van der Waals surface area (Å²) in [4.78, 5) is 48.6. The summed E-state index contributed by atoms with van der Waals surface area (Å²) in [6, 6.07) is 3.23. The molecule has 1 heterocycles. The number of carbonyl (C=O) groups is 3. The predicted molar refractivity (Wildman–Crippen MR) is 97.3 cm³/mol. The van der Waals surface area contributed by atoms with E-state index in [0.29, 0.717) is 6.42 Å². The molecule has 144 valence electrons. The van der Waals surface area contributed by atoms with Gasteiger partial charge >= 0.3 is 6.03 Å². The molecule has 1 aromatic rings. The molecule has 2 atom stereocenters. The highest BCUT2D eigenvalue weighted by molar-refractivity contribution is 6.32. The van der Waals surface area contributed by atoms with E-state index in [-0.39, 0.29) is 22.3 Å². The summed E-state index contributed by atoms with van der Waals surface area (Å²) >= 11 is 5.74. The number of carbonyl (C=O) groups excluding carboxylic acids is 3. The van der Waals surface area contributed by atoms with Gasteiger partial charge in [0.15, 0.2) is 0 Å². The smallest absolute Gasteiger partial charge is 0.324 e. The maximum absolute atomic E-state index is 12.8. The van der Waals surface area contributed by atoms with Crippen LogP contribution in [-0.4, -0.2) is 39.8 Å². The van der Waals surface area contributed by atoms with Gasteiger partial charge in [-0.05, 0) is 30.9 Å². The van der Waals surface area contributed by atoms with Crippen LogP contribution in [0.15, 0.2) is 18.2 Å². The Bertz CT molecular complexity index is 830. The Morgan fingerprint density at radius 2 is 2.19 bits per heavy atom. The lowest BCUT2D eigenvalue weighted by Gasteiger charge is -2.36. The van der Waals surface area contributed by atoms with Gasteiger partial charge in [0.1, 0.15) is 17.1 Å². The van der Waals surface area contributed by atoms with E-state index < -0.39 is 34.9 Å². The number of urea groups is 1. The second-order valence-corrected chi connectivity index (χ2v) is 7.32. The van der Waals surface area contributed by atoms with E-state index in [1.807, 2.05) is 6.92 Å². The summed E-state index contributed by atoms with van der Waals surface area (Å²) in [7, 11) is 0. The number of halogens is 1. The van der Waals surface area contributed by atoms with Crippen molar-refractivity contribution in [2.75, 3.05) is 11.9 Å². The summed E-state index contributed by atoms with van der Waals surface area (Å²) in [5.41, 5.74) is -1.13. The van der Waals surface area contributed by atoms with Crippen LogP contribution >= 0.6 is 11.6 Å². The van der Waals surface area contributed by atoms with Gasteiger partial charge in [-0.2, -0.15) is 0 Å². The molecule has 4 amide bonds. The average molecular weight is 395 g/mol. The van der Waals surface area contributed by atoms with E-state index in [1.54, 1.807) is 0 Å². The minimum absolute atomic E-state index is 0.00493. The van der Waals surface area contributed by atoms with Crippen LogP contribution in [0, 0.1) is 16.0 Å². The number of imide groups is 1. The molecule has 1 saturated heterocycles. The second kappa shape index (κ2) is 7.15. The third kappa shape index (κ3) is 3.46. The van der Waals surface area contributed by atoms with Crippen molar-refractivity contribution in [3.8, 4) is 0 Å². The Morgan fingerprint density at radius 3 is 2.85 bits per heavy atom. The van der Waals surface area contributed by atoms with Crippen LogP contribution in [0.1, 0.15) is 32.6 Å². The minimum atomic E-state index is -0.936. The van der Waals surface area contributed by atoms with E-state index in [2.05, 4.69) is 10.6 Å². The van der Waals surface area contributed by atoms with Crippen LogP contribution < -0.4 is 10.6 Å². The number of amides is 4. The SMILES string of the molecule is C[C@H]1CCCC[C@]12NC(=O)N(CC(=O)Nc1ccc(Cl)c([N+](=O)[O-])c1)C2=O. The standard InChI is InChI=1S/C17H19ClN4O5/c1-10-4-2-3-7-17(10)15(24)21(16(25)20-17)9-14(23)19-11-5-6-12(18)13(8-11)22(26)27/h5-6,8,10H,2-4,7,9H2,1H3,(H,19,23)(H,20,25)/t10-,17-/m0/s1. The number of nitrogens with one attached hydrogen (secondary N) is 2. The van der Waals surface area contributed by atoms with E-state index in [0.717, 1.165) is 30.2 Å². The summed E-state index contributed by atoms with van der Waals surface area (Å²) < 4.78 is 0. The molecule has 0 aromatic heterocycles. The molecule has 0 radical (unpaired) electrons. The van der Waals surface area contributed by atoms with Gasteiger partial charge in [0.2, 0.25) is 5.91 Å². The lowest BCUT2D eigenvalue weighted by molar-refractivity contribution is -0.384. The first-order chi connectivity index (χ1) is 12.7. The number of nitro benzene ring substituents is 1. The number of rotatable bonds is 4. The van der Waals surface area contributed by atoms with Gasteiger partial charge in [-0.1, -0.05) is 31.4 Å². The van der Waals surface area contributed by atoms with Crippen LogP contribution in [0.2, 0.25) is 5.02 Å². The van der Waals surface area contributed by atoms with Crippen LogP contribution in [0.5, 0.6) is 0 Å². The first-order valence-corrected chi connectivity index (χ1v) is 9.00. The lowest BCUT2D eigenvalue weighted by Crippen LogP contribution is -2.54. The van der Waals surface area contributed by atoms with Crippen molar-refractivity contribution in [1.82, 2.24) is 10.2 Å². The highest BCUT2D eigenvalue weighted by atomic mass is 35.5. The molecule has 2 aliphatic rings. The molecule has 2 N–H and O–H groups in total. The fourth-order valence-corrected chi connectivity index (χ4v) is 3.90. The van der Waals surface area contributed by atoms with E-state index >= 15 is 0 Å². The highest BCUT2D eigenvalue weighted by Crippen LogP contribution is 2.38. The molecular weight excluding hydrogens is 376 g/mol. The molecule has 1 aliphatic heterocycles. The number of nitro groups is 1. The Labute approximate surface area is 160 Å². The van der Waals surface area contributed by atoms with Gasteiger partial charge in [0, 0.05) is 11.8 Å². The van der Waals surface area contributed by atoms with E-state index in [9.17, 15) is 24.5 Å². The monoisotopic (exact) mass is 394 g/mol. The topological polar surface area (TPSA) is 122 Å². The number of benzene rings is 1. The third-order valence-electron chi connectivity index (χ3n) is 5.23. The quantitative estimate of drug-likeness (QED) is 0.462. The Kier molecular flexibility index (Phi) is 5.05. The number of nitrogens with zero attached hydrogens (tertiary/aromatic N) is 2. The summed E-state index contributed by atoms with van der Waals surface area (Å²) in [5.74, 6) is -1.03. The minimum Gasteiger partial charge on any atom is -0.324 e. The fourth-order valence-electron chi connectivity index (χ4n) is 3.71. The summed E-state index contributed by atoms with van der Waals surface area (Å²) in [6.07, 6.45) is 3.23. The first kappa shape index (κ1) is 19.1. The maximum atomic E-state index is 12.8. The van der Waals surface area contributed by atoms with Gasteiger partial charge in [0.25, 0.3) is 11.6 Å². The molecule has 0 unspecified atom stereocenters. The lowest BCUT2D eigenvalue weighted by atomic mass is 9.73. The zero-order chi connectivity index (χ0) is 19.8. The third-order valence-corrected chi connectivity index (χ3v) is 5.55. The summed E-state index contributed by atoms with van der Waals surface area (Å²) in [5, 5.41) is 16.1. The number of hydrogen-bond donors (Lipinski definition) is 2. The average Bonchev–Trinajstić information content (AvgIpc) is 2.84. The predicted octanol–water partition coefficient (Wildman–Crippen LogP) is 2.69. The number of anilines is 1. The van der Waals surface area contributed by atoms with Gasteiger partial charge in [0.05, 0.1) is 4.92 Å². The van der Waals surface area contributed by atoms with Crippen LogP contribution in [0.25, 0.3) is 0 Å². The van der Waals surface area contributed by atoms with Crippen molar-refractivity contribution in [2.45, 2.75) is 38.1 Å². The van der Waals surface area contributed by atoms with Crippen molar-refractivity contribution in [3.05, 3.63) is 33.3 Å². The van der Waals surface area contributed by atoms with Crippen LogP contribution in [-0.2, 0) is 9.59 Å². The van der Waals surface area contributed by atoms with Crippen molar-refractivity contribution < 1.29 is 19.3 Å². The molecular formula is C17H19ClN4O5. The van der Waals surface area contributed by atoms with Crippen LogP contribution in [0.3, 0.4) is 0 Å². The second-order valence-electron chi connectivity index (χ2n) is 6.91. The number of hydrogen-bond acceptors (Lipinski definition) is 5. The molecule has 2 fully saturated rings. The van der Waals surface area contributed by atoms with Crippen LogP contribution in [0.4, 0.5) is 16.2 Å². The van der Waals surface area contributed by atoms with Gasteiger partial charge < -0.3 is 10.6 Å². The molecule has 1 saturated carbocycles. The molecule has 0 bridgehead atoms. The normalized spacial score (nSPS) is 24.8. The van der Waals surface area contributed by atoms with Gasteiger partial charge in [-0.25, -0.2) is 4.79 Å². The van der Waals surface area contributed by atoms with Crippen molar-refractivity contribution in [3.63, 3.8) is 0 Å². The molecule has 1 spiro atoms. The summed E-state index contributed by atoms with van der Waals surface area (Å²) in [6.45, 7) is 1.46. The zero-order valence-electron chi connectivity index (χ0n) is 14.7.